The van der Waals surface area contributed by atoms with Crippen LogP contribution in [0.3, 0.4) is 0 Å². The molecule has 0 bridgehead atoms. The molecule has 0 aromatic carbocycles. The molecule has 2 aliphatic rings. The van der Waals surface area contributed by atoms with Gasteiger partial charge in [0.15, 0.2) is 0 Å². The summed E-state index contributed by atoms with van der Waals surface area (Å²) in [5.41, 5.74) is 0.652. The third-order valence-electron chi connectivity index (χ3n) is 6.51. The van der Waals surface area contributed by atoms with E-state index in [1.165, 1.54) is 6.20 Å². The van der Waals surface area contributed by atoms with Crippen LogP contribution in [-0.4, -0.2) is 61.2 Å². The molecule has 0 unspecified atom stereocenters. The number of aryl methyl sites for hydroxylation is 1. The van der Waals surface area contributed by atoms with Crippen molar-refractivity contribution in [3.05, 3.63) is 24.0 Å². The van der Waals surface area contributed by atoms with Crippen molar-refractivity contribution in [3.8, 4) is 17.1 Å². The molecule has 1 N–H and O–H groups in total. The summed E-state index contributed by atoms with van der Waals surface area (Å²) < 4.78 is 35.5. The Morgan fingerprint density at radius 2 is 2.06 bits per heavy atom. The van der Waals surface area contributed by atoms with Crippen LogP contribution in [0.15, 0.2) is 18.3 Å². The largest absolute Gasteiger partial charge is 0.489 e. The van der Waals surface area contributed by atoms with E-state index in [0.717, 1.165) is 43.2 Å². The van der Waals surface area contributed by atoms with Crippen LogP contribution in [0, 0.1) is 5.92 Å². The SMILES string of the molecule is [2H]C([2H])([2H])n1nnc(-c2ccc(O[C@H]3CCC[C@H](C(=O)O)C3)cn2)c1COC(=O)N(C)C1CCCC1. The van der Waals surface area contributed by atoms with Crippen LogP contribution >= 0.6 is 0 Å². The molecule has 0 aliphatic heterocycles. The van der Waals surface area contributed by atoms with Crippen LogP contribution < -0.4 is 4.74 Å². The van der Waals surface area contributed by atoms with Crippen molar-refractivity contribution in [1.82, 2.24) is 24.9 Å². The molecule has 10 heteroatoms. The lowest BCUT2D eigenvalue weighted by Crippen LogP contribution is -2.35. The lowest BCUT2D eigenvalue weighted by atomic mass is 9.87. The van der Waals surface area contributed by atoms with Gasteiger partial charge in [-0.25, -0.2) is 9.48 Å². The molecule has 2 atom stereocenters. The molecule has 2 aromatic rings. The Kier molecular flexibility index (Phi) is 5.96. The number of aromatic nitrogens is 4. The van der Waals surface area contributed by atoms with Crippen LogP contribution in [0.5, 0.6) is 5.75 Å². The Labute approximate surface area is 197 Å². The van der Waals surface area contributed by atoms with Crippen molar-refractivity contribution in [2.45, 2.75) is 70.1 Å². The summed E-state index contributed by atoms with van der Waals surface area (Å²) in [6.45, 7) is -2.94. The van der Waals surface area contributed by atoms with E-state index in [1.807, 2.05) is 0 Å². The van der Waals surface area contributed by atoms with Crippen molar-refractivity contribution in [1.29, 1.82) is 0 Å². The molecule has 2 aliphatic carbocycles. The quantitative estimate of drug-likeness (QED) is 0.667. The minimum absolute atomic E-state index is 0.112. The molecule has 2 fully saturated rings. The van der Waals surface area contributed by atoms with Crippen molar-refractivity contribution in [3.63, 3.8) is 0 Å². The number of carboxylic acid groups (broad SMARTS) is 1. The second kappa shape index (κ2) is 10.2. The van der Waals surface area contributed by atoms with Gasteiger partial charge in [-0.05, 0) is 50.7 Å². The molecular weight excluding hydrogens is 426 g/mol. The number of carbonyl (C=O) groups is 2. The maximum absolute atomic E-state index is 12.6. The first-order valence-electron chi connectivity index (χ1n) is 12.8. The Bertz CT molecular complexity index is 1070. The third kappa shape index (κ3) is 5.43. The number of pyridine rings is 1. The van der Waals surface area contributed by atoms with Crippen molar-refractivity contribution >= 4 is 12.1 Å². The van der Waals surface area contributed by atoms with E-state index in [2.05, 4.69) is 15.3 Å². The molecule has 10 nitrogen and oxygen atoms in total. The van der Waals surface area contributed by atoms with Crippen molar-refractivity contribution < 1.29 is 28.3 Å². The van der Waals surface area contributed by atoms with Gasteiger partial charge in [-0.2, -0.15) is 0 Å². The number of carbonyl (C=O) groups excluding carboxylic acids is 1. The molecule has 33 heavy (non-hydrogen) atoms. The van der Waals surface area contributed by atoms with E-state index in [9.17, 15) is 14.7 Å². The fourth-order valence-corrected chi connectivity index (χ4v) is 4.56. The molecule has 2 saturated carbocycles. The van der Waals surface area contributed by atoms with E-state index < -0.39 is 25.0 Å². The zero-order valence-electron chi connectivity index (χ0n) is 21.6. The maximum atomic E-state index is 12.6. The monoisotopic (exact) mass is 460 g/mol. The number of nitrogens with zero attached hydrogens (tertiary/aromatic N) is 5. The zero-order valence-corrected chi connectivity index (χ0v) is 18.6. The predicted octanol–water partition coefficient (Wildman–Crippen LogP) is 3.41. The first-order chi connectivity index (χ1) is 17.1. The average Bonchev–Trinajstić information content (AvgIpc) is 3.53. The molecule has 4 rings (SSSR count). The maximum Gasteiger partial charge on any atom is 0.410 e. The van der Waals surface area contributed by atoms with Gasteiger partial charge in [0.2, 0.25) is 0 Å². The summed E-state index contributed by atoms with van der Waals surface area (Å²) in [6, 6.07) is 3.41. The van der Waals surface area contributed by atoms with E-state index in [-0.39, 0.29) is 30.1 Å². The van der Waals surface area contributed by atoms with Gasteiger partial charge in [0, 0.05) is 24.2 Å². The summed E-state index contributed by atoms with van der Waals surface area (Å²) in [6.07, 6.45) is 7.34. The topological polar surface area (TPSA) is 120 Å². The highest BCUT2D eigenvalue weighted by molar-refractivity contribution is 5.70. The summed E-state index contributed by atoms with van der Waals surface area (Å²) >= 11 is 0. The molecule has 0 spiro atoms. The van der Waals surface area contributed by atoms with Crippen LogP contribution in [-0.2, 0) is 23.1 Å². The van der Waals surface area contributed by atoms with Crippen LogP contribution in [0.1, 0.15) is 61.2 Å². The van der Waals surface area contributed by atoms with Gasteiger partial charge >= 0.3 is 12.1 Å². The summed E-state index contributed by atoms with van der Waals surface area (Å²) in [5, 5.41) is 17.1. The molecule has 0 saturated heterocycles. The van der Waals surface area contributed by atoms with Gasteiger partial charge in [-0.3, -0.25) is 9.78 Å². The summed E-state index contributed by atoms with van der Waals surface area (Å²) in [4.78, 5) is 29.8. The minimum Gasteiger partial charge on any atom is -0.489 e. The second-order valence-electron chi connectivity index (χ2n) is 8.72. The molecular formula is C23H31N5O5. The van der Waals surface area contributed by atoms with Gasteiger partial charge in [-0.15, -0.1) is 5.10 Å². The molecule has 178 valence electrons. The van der Waals surface area contributed by atoms with Crippen molar-refractivity contribution in [2.24, 2.45) is 12.9 Å². The number of hydrogen-bond acceptors (Lipinski definition) is 7. The number of hydrogen-bond donors (Lipinski definition) is 1. The Morgan fingerprint density at radius 3 is 2.76 bits per heavy atom. The minimum atomic E-state index is -2.62. The highest BCUT2D eigenvalue weighted by Gasteiger charge is 2.28. The molecule has 1 amide bonds. The number of aliphatic carboxylic acids is 1. The lowest BCUT2D eigenvalue weighted by Gasteiger charge is -2.27. The zero-order chi connectivity index (χ0) is 25.9. The Hall–Kier alpha value is -3.17. The van der Waals surface area contributed by atoms with E-state index in [1.54, 1.807) is 24.1 Å². The summed E-state index contributed by atoms with van der Waals surface area (Å²) in [5.74, 6) is -0.746. The van der Waals surface area contributed by atoms with E-state index >= 15 is 0 Å². The number of amides is 1. The van der Waals surface area contributed by atoms with Crippen LogP contribution in [0.25, 0.3) is 11.4 Å². The first kappa shape index (κ1) is 19.3. The van der Waals surface area contributed by atoms with E-state index in [4.69, 9.17) is 13.6 Å². The van der Waals surface area contributed by atoms with Crippen LogP contribution in [0.2, 0.25) is 0 Å². The predicted molar refractivity (Wildman–Crippen MR) is 118 cm³/mol. The molecule has 0 radical (unpaired) electrons. The highest BCUT2D eigenvalue weighted by atomic mass is 16.6. The number of carboxylic acids is 1. The fraction of sp³-hybridized carbons (Fsp3) is 0.609. The fourth-order valence-electron chi connectivity index (χ4n) is 4.56. The van der Waals surface area contributed by atoms with Crippen LogP contribution in [0.4, 0.5) is 4.79 Å². The smallest absolute Gasteiger partial charge is 0.410 e. The van der Waals surface area contributed by atoms with Gasteiger partial charge in [-0.1, -0.05) is 18.1 Å². The van der Waals surface area contributed by atoms with Gasteiger partial charge in [0.1, 0.15) is 23.7 Å². The molecule has 2 heterocycles. The van der Waals surface area contributed by atoms with Gasteiger partial charge in [0.25, 0.3) is 0 Å². The third-order valence-corrected chi connectivity index (χ3v) is 6.51. The number of ether oxygens (including phenoxy) is 2. The normalized spacial score (nSPS) is 22.8. The van der Waals surface area contributed by atoms with Gasteiger partial charge < -0.3 is 19.5 Å². The van der Waals surface area contributed by atoms with Gasteiger partial charge in [0.05, 0.1) is 23.9 Å². The second-order valence-corrected chi connectivity index (χ2v) is 8.72. The Balaban J connectivity index is 1.47. The van der Waals surface area contributed by atoms with E-state index in [0.29, 0.717) is 24.3 Å². The molecule has 2 aromatic heterocycles. The Morgan fingerprint density at radius 1 is 1.24 bits per heavy atom. The van der Waals surface area contributed by atoms with Crippen molar-refractivity contribution in [2.75, 3.05) is 7.05 Å². The highest BCUT2D eigenvalue weighted by Crippen LogP contribution is 2.29. The first-order valence-corrected chi connectivity index (χ1v) is 11.3. The standard InChI is InChI=1S/C23H31N5O5/c1-27(16-7-3-4-8-16)23(31)32-14-20-21(25-26-28(20)2)19-11-10-18(13-24-19)33-17-9-5-6-15(12-17)22(29)30/h10-11,13,15-17H,3-9,12,14H2,1-2H3,(H,29,30)/t15-,17-/m0/s1/i2D3. The number of rotatable bonds is 7. The lowest BCUT2D eigenvalue weighted by molar-refractivity contribution is -0.143. The average molecular weight is 461 g/mol. The summed E-state index contributed by atoms with van der Waals surface area (Å²) in [7, 11) is 1.68.